The molecule has 1 unspecified atom stereocenters. The van der Waals surface area contributed by atoms with Crippen LogP contribution in [-0.2, 0) is 0 Å². The molecule has 0 fully saturated rings. The first-order valence-corrected chi connectivity index (χ1v) is 7.45. The van der Waals surface area contributed by atoms with Crippen molar-refractivity contribution in [3.05, 3.63) is 35.4 Å². The zero-order chi connectivity index (χ0) is 15.2. The van der Waals surface area contributed by atoms with E-state index in [4.69, 9.17) is 5.11 Å². The predicted octanol–water partition coefficient (Wildman–Crippen LogP) is 2.84. The van der Waals surface area contributed by atoms with Crippen LogP contribution in [0.1, 0.15) is 57.3 Å². The summed E-state index contributed by atoms with van der Waals surface area (Å²) in [6.07, 6.45) is 0.278. The largest absolute Gasteiger partial charge is 0.396 e. The lowest BCUT2D eigenvalue weighted by Crippen LogP contribution is -2.33. The van der Waals surface area contributed by atoms with Crippen LogP contribution in [0, 0.1) is 5.41 Å². The third-order valence-electron chi connectivity index (χ3n) is 3.72. The van der Waals surface area contributed by atoms with Crippen molar-refractivity contribution in [3.63, 3.8) is 0 Å². The fourth-order valence-electron chi connectivity index (χ4n) is 2.16. The van der Waals surface area contributed by atoms with Gasteiger partial charge in [-0.3, -0.25) is 0 Å². The molecule has 1 aromatic carbocycles. The zero-order valence-corrected chi connectivity index (χ0v) is 13.2. The summed E-state index contributed by atoms with van der Waals surface area (Å²) in [7, 11) is 0. The maximum atomic E-state index is 10.2. The maximum Gasteiger partial charge on any atom is 0.0914 e. The lowest BCUT2D eigenvalue weighted by atomic mass is 9.89. The molecular weight excluding hydrogens is 250 g/mol. The number of benzene rings is 1. The molecule has 114 valence electrons. The quantitative estimate of drug-likeness (QED) is 0.686. The Bertz CT molecular complexity index is 384. The van der Waals surface area contributed by atoms with Crippen LogP contribution in [0.3, 0.4) is 0 Å². The van der Waals surface area contributed by atoms with E-state index in [9.17, 15) is 5.11 Å². The fraction of sp³-hybridized carbons (Fsp3) is 0.647. The van der Waals surface area contributed by atoms with E-state index in [-0.39, 0.29) is 12.0 Å². The molecule has 0 aromatic heterocycles. The van der Waals surface area contributed by atoms with E-state index in [0.717, 1.165) is 18.5 Å². The molecule has 0 aliphatic heterocycles. The van der Waals surface area contributed by atoms with Crippen molar-refractivity contribution in [3.8, 4) is 0 Å². The average Bonchev–Trinajstić information content (AvgIpc) is 2.38. The van der Waals surface area contributed by atoms with E-state index in [1.807, 2.05) is 12.1 Å². The second-order valence-electron chi connectivity index (χ2n) is 6.61. The molecule has 0 radical (unpaired) electrons. The van der Waals surface area contributed by atoms with Crippen LogP contribution in [0.15, 0.2) is 24.3 Å². The summed E-state index contributed by atoms with van der Waals surface area (Å²) in [6, 6.07) is 8.17. The summed E-state index contributed by atoms with van der Waals surface area (Å²) >= 11 is 0. The van der Waals surface area contributed by atoms with E-state index < -0.39 is 6.10 Å². The van der Waals surface area contributed by atoms with Gasteiger partial charge in [-0.25, -0.2) is 0 Å². The van der Waals surface area contributed by atoms with Gasteiger partial charge in [-0.1, -0.05) is 52.0 Å². The summed E-state index contributed by atoms with van der Waals surface area (Å²) in [5.74, 6) is 0.513. The van der Waals surface area contributed by atoms with E-state index in [2.05, 4.69) is 45.1 Å². The van der Waals surface area contributed by atoms with Crippen molar-refractivity contribution >= 4 is 0 Å². The van der Waals surface area contributed by atoms with Gasteiger partial charge in [0.05, 0.1) is 6.10 Å². The van der Waals surface area contributed by atoms with Gasteiger partial charge in [0.15, 0.2) is 0 Å². The Morgan fingerprint density at radius 1 is 1.10 bits per heavy atom. The number of aliphatic hydroxyl groups excluding tert-OH is 2. The van der Waals surface area contributed by atoms with E-state index in [1.54, 1.807) is 0 Å². The molecule has 3 nitrogen and oxygen atoms in total. The zero-order valence-electron chi connectivity index (χ0n) is 13.2. The van der Waals surface area contributed by atoms with Gasteiger partial charge < -0.3 is 15.5 Å². The molecule has 3 heteroatoms. The Morgan fingerprint density at radius 2 is 1.65 bits per heavy atom. The Balaban J connectivity index is 2.44. The first-order valence-electron chi connectivity index (χ1n) is 7.45. The topological polar surface area (TPSA) is 52.5 Å². The third kappa shape index (κ3) is 5.61. The Labute approximate surface area is 123 Å². The number of rotatable bonds is 8. The van der Waals surface area contributed by atoms with Crippen LogP contribution >= 0.6 is 0 Å². The second-order valence-corrected chi connectivity index (χ2v) is 6.61. The molecule has 0 aliphatic rings. The smallest absolute Gasteiger partial charge is 0.0914 e. The van der Waals surface area contributed by atoms with Crippen LogP contribution in [0.2, 0.25) is 0 Å². The van der Waals surface area contributed by atoms with Crippen molar-refractivity contribution < 1.29 is 10.2 Å². The Kier molecular flexibility index (Phi) is 6.66. The molecule has 20 heavy (non-hydrogen) atoms. The molecule has 0 amide bonds. The highest BCUT2D eigenvalue weighted by Crippen LogP contribution is 2.20. The van der Waals surface area contributed by atoms with Crippen molar-refractivity contribution in [2.75, 3.05) is 19.7 Å². The SMILES string of the molecule is CC(C)c1ccc(C(O)CNCC(C)(C)CCO)cc1. The molecule has 3 N–H and O–H groups in total. The van der Waals surface area contributed by atoms with Crippen molar-refractivity contribution in [2.24, 2.45) is 5.41 Å². The first-order chi connectivity index (χ1) is 9.35. The molecule has 0 saturated heterocycles. The third-order valence-corrected chi connectivity index (χ3v) is 3.72. The molecule has 1 rings (SSSR count). The lowest BCUT2D eigenvalue weighted by Gasteiger charge is -2.25. The highest BCUT2D eigenvalue weighted by Gasteiger charge is 2.17. The number of hydrogen-bond acceptors (Lipinski definition) is 3. The van der Waals surface area contributed by atoms with Crippen LogP contribution < -0.4 is 5.32 Å². The molecule has 0 aliphatic carbocycles. The maximum absolute atomic E-state index is 10.2. The molecule has 0 heterocycles. The first kappa shape index (κ1) is 17.2. The van der Waals surface area contributed by atoms with Crippen LogP contribution in [0.5, 0.6) is 0 Å². The number of aliphatic hydroxyl groups is 2. The molecule has 1 atom stereocenters. The second kappa shape index (κ2) is 7.77. The van der Waals surface area contributed by atoms with Crippen LogP contribution in [0.4, 0.5) is 0 Å². The number of hydrogen-bond donors (Lipinski definition) is 3. The molecule has 0 bridgehead atoms. The molecule has 0 saturated carbocycles. The van der Waals surface area contributed by atoms with Gasteiger partial charge in [0.25, 0.3) is 0 Å². The Hall–Kier alpha value is -0.900. The van der Waals surface area contributed by atoms with Gasteiger partial charge in [-0.2, -0.15) is 0 Å². The minimum Gasteiger partial charge on any atom is -0.396 e. The predicted molar refractivity (Wildman–Crippen MR) is 83.8 cm³/mol. The lowest BCUT2D eigenvalue weighted by molar-refractivity contribution is 0.160. The fourth-order valence-corrected chi connectivity index (χ4v) is 2.16. The van der Waals surface area contributed by atoms with Gasteiger partial charge in [0.2, 0.25) is 0 Å². The van der Waals surface area contributed by atoms with Gasteiger partial charge in [-0.15, -0.1) is 0 Å². The van der Waals surface area contributed by atoms with Crippen LogP contribution in [0.25, 0.3) is 0 Å². The van der Waals surface area contributed by atoms with Crippen molar-refractivity contribution in [1.29, 1.82) is 0 Å². The molecule has 1 aromatic rings. The number of nitrogens with one attached hydrogen (secondary N) is 1. The molecular formula is C17H29NO2. The Morgan fingerprint density at radius 3 is 2.15 bits per heavy atom. The highest BCUT2D eigenvalue weighted by molar-refractivity contribution is 5.26. The van der Waals surface area contributed by atoms with E-state index in [1.165, 1.54) is 5.56 Å². The summed E-state index contributed by atoms with van der Waals surface area (Å²) < 4.78 is 0. The minimum absolute atomic E-state index is 0.0516. The highest BCUT2D eigenvalue weighted by atomic mass is 16.3. The minimum atomic E-state index is -0.485. The standard InChI is InChI=1S/C17H29NO2/c1-13(2)14-5-7-15(8-6-14)16(20)11-18-12-17(3,4)9-10-19/h5-8,13,16,18-20H,9-12H2,1-4H3. The monoisotopic (exact) mass is 279 g/mol. The van der Waals surface area contributed by atoms with Gasteiger partial charge >= 0.3 is 0 Å². The summed E-state index contributed by atoms with van der Waals surface area (Å²) in [6.45, 7) is 10.1. The molecule has 0 spiro atoms. The van der Waals surface area contributed by atoms with Gasteiger partial charge in [-0.05, 0) is 28.9 Å². The normalized spacial score (nSPS) is 13.8. The summed E-state index contributed by atoms with van der Waals surface area (Å²) in [5, 5.41) is 22.4. The summed E-state index contributed by atoms with van der Waals surface area (Å²) in [5.41, 5.74) is 2.29. The van der Waals surface area contributed by atoms with Gasteiger partial charge in [0, 0.05) is 19.7 Å². The van der Waals surface area contributed by atoms with Gasteiger partial charge in [0.1, 0.15) is 0 Å². The van der Waals surface area contributed by atoms with E-state index in [0.29, 0.717) is 12.5 Å². The van der Waals surface area contributed by atoms with Crippen molar-refractivity contribution in [2.45, 2.75) is 46.1 Å². The van der Waals surface area contributed by atoms with Crippen molar-refractivity contribution in [1.82, 2.24) is 5.32 Å². The summed E-state index contributed by atoms with van der Waals surface area (Å²) in [4.78, 5) is 0. The van der Waals surface area contributed by atoms with Crippen LogP contribution in [-0.4, -0.2) is 29.9 Å². The van der Waals surface area contributed by atoms with E-state index >= 15 is 0 Å². The average molecular weight is 279 g/mol.